The molecule has 2 aromatic rings. The second kappa shape index (κ2) is 7.26. The van der Waals surface area contributed by atoms with Crippen LogP contribution in [-0.2, 0) is 0 Å². The monoisotopic (exact) mass is 351 g/mol. The van der Waals surface area contributed by atoms with Gasteiger partial charge in [-0.1, -0.05) is 64.8 Å². The maximum absolute atomic E-state index is 6.27. The van der Waals surface area contributed by atoms with E-state index < -0.39 is 0 Å². The molecule has 1 N–H and O–H groups in total. The first-order chi connectivity index (χ1) is 9.61. The molecule has 0 spiro atoms. The lowest BCUT2D eigenvalue weighted by Crippen LogP contribution is -2.24. The van der Waals surface area contributed by atoms with Gasteiger partial charge in [-0.25, -0.2) is 0 Å². The molecule has 2 aromatic carbocycles. The van der Waals surface area contributed by atoms with Crippen LogP contribution in [0, 0.1) is 0 Å². The van der Waals surface area contributed by atoms with Gasteiger partial charge in [-0.05, 0) is 42.7 Å². The molecule has 0 aromatic heterocycles. The van der Waals surface area contributed by atoms with E-state index in [2.05, 4.69) is 59.4 Å². The molecule has 0 aliphatic heterocycles. The highest BCUT2D eigenvalue weighted by Gasteiger charge is 2.15. The first-order valence-electron chi connectivity index (χ1n) is 6.87. The van der Waals surface area contributed by atoms with Crippen molar-refractivity contribution in [2.75, 3.05) is 0 Å². The molecule has 2 atom stereocenters. The van der Waals surface area contributed by atoms with Crippen LogP contribution in [-0.4, -0.2) is 0 Å². The summed E-state index contributed by atoms with van der Waals surface area (Å²) in [5.74, 6) is 0. The van der Waals surface area contributed by atoms with Crippen molar-refractivity contribution in [1.29, 1.82) is 0 Å². The highest BCUT2D eigenvalue weighted by Crippen LogP contribution is 2.27. The van der Waals surface area contributed by atoms with Crippen molar-refractivity contribution in [2.45, 2.75) is 32.4 Å². The number of halogens is 2. The molecule has 0 amide bonds. The molecule has 3 heteroatoms. The van der Waals surface area contributed by atoms with Crippen LogP contribution in [0.1, 0.15) is 43.5 Å². The van der Waals surface area contributed by atoms with Gasteiger partial charge in [-0.15, -0.1) is 0 Å². The fourth-order valence-corrected chi connectivity index (χ4v) is 3.11. The minimum atomic E-state index is 0.215. The fraction of sp³-hybridized carbons (Fsp3) is 0.294. The summed E-state index contributed by atoms with van der Waals surface area (Å²) in [6.07, 6.45) is 1.03. The van der Waals surface area contributed by atoms with Crippen molar-refractivity contribution in [1.82, 2.24) is 5.32 Å². The van der Waals surface area contributed by atoms with E-state index in [0.29, 0.717) is 6.04 Å². The molecule has 0 radical (unpaired) electrons. The maximum Gasteiger partial charge on any atom is 0.0453 e. The number of benzene rings is 2. The Morgan fingerprint density at radius 1 is 1.15 bits per heavy atom. The summed E-state index contributed by atoms with van der Waals surface area (Å²) in [4.78, 5) is 0. The second-order valence-corrected chi connectivity index (χ2v) is 6.25. The summed E-state index contributed by atoms with van der Waals surface area (Å²) in [7, 11) is 0. The van der Waals surface area contributed by atoms with E-state index in [0.717, 1.165) is 21.5 Å². The molecule has 20 heavy (non-hydrogen) atoms. The number of rotatable bonds is 5. The molecular formula is C17H19BrClN. The first-order valence-corrected chi connectivity index (χ1v) is 8.05. The number of hydrogen-bond acceptors (Lipinski definition) is 1. The molecule has 0 aliphatic carbocycles. The Kier molecular flexibility index (Phi) is 5.64. The minimum Gasteiger partial charge on any atom is -0.303 e. The van der Waals surface area contributed by atoms with Gasteiger partial charge in [0.1, 0.15) is 0 Å². The normalized spacial score (nSPS) is 14.0. The Labute approximate surface area is 134 Å². The van der Waals surface area contributed by atoms with E-state index in [-0.39, 0.29) is 6.04 Å². The van der Waals surface area contributed by atoms with Crippen LogP contribution in [0.15, 0.2) is 53.0 Å². The van der Waals surface area contributed by atoms with Crippen molar-refractivity contribution in [3.63, 3.8) is 0 Å². The molecule has 0 heterocycles. The Hall–Kier alpha value is -0.830. The van der Waals surface area contributed by atoms with Gasteiger partial charge in [-0.3, -0.25) is 0 Å². The molecule has 0 saturated carbocycles. The standard InChI is InChI=1S/C17H19BrClN/c1-3-17(13-7-6-8-14(18)11-13)20-12(2)15-9-4-5-10-16(15)19/h4-12,17,20H,3H2,1-2H3/t12-,17?/m1/s1. The molecule has 2 rings (SSSR count). The molecule has 0 saturated heterocycles. The van der Waals surface area contributed by atoms with Crippen LogP contribution >= 0.6 is 27.5 Å². The van der Waals surface area contributed by atoms with Crippen LogP contribution < -0.4 is 5.32 Å². The van der Waals surface area contributed by atoms with Gasteiger partial charge in [0.15, 0.2) is 0 Å². The molecular weight excluding hydrogens is 334 g/mol. The predicted molar refractivity (Wildman–Crippen MR) is 90.2 cm³/mol. The van der Waals surface area contributed by atoms with Crippen molar-refractivity contribution in [3.05, 3.63) is 69.2 Å². The lowest BCUT2D eigenvalue weighted by Gasteiger charge is -2.24. The third-order valence-corrected chi connectivity index (χ3v) is 4.32. The zero-order valence-corrected chi connectivity index (χ0v) is 14.1. The molecule has 1 nitrogen and oxygen atoms in total. The predicted octanol–water partition coefficient (Wildman–Crippen LogP) is 5.90. The smallest absolute Gasteiger partial charge is 0.0453 e. The van der Waals surface area contributed by atoms with E-state index in [1.165, 1.54) is 5.56 Å². The van der Waals surface area contributed by atoms with Crippen LogP contribution in [0.3, 0.4) is 0 Å². The fourth-order valence-electron chi connectivity index (χ4n) is 2.39. The van der Waals surface area contributed by atoms with Crippen molar-refractivity contribution in [2.24, 2.45) is 0 Å². The third-order valence-electron chi connectivity index (χ3n) is 3.48. The highest BCUT2D eigenvalue weighted by molar-refractivity contribution is 9.10. The summed E-state index contributed by atoms with van der Waals surface area (Å²) in [6, 6.07) is 17.0. The molecule has 106 valence electrons. The molecule has 1 unspecified atom stereocenters. The van der Waals surface area contributed by atoms with Gasteiger partial charge in [0, 0.05) is 21.6 Å². The number of hydrogen-bond donors (Lipinski definition) is 1. The Morgan fingerprint density at radius 3 is 2.55 bits per heavy atom. The quantitative estimate of drug-likeness (QED) is 0.706. The molecule has 0 bridgehead atoms. The summed E-state index contributed by atoms with van der Waals surface area (Å²) in [5, 5.41) is 4.48. The average molecular weight is 353 g/mol. The SMILES string of the molecule is CCC(N[C@H](C)c1ccccc1Cl)c1cccc(Br)c1. The van der Waals surface area contributed by atoms with E-state index in [9.17, 15) is 0 Å². The largest absolute Gasteiger partial charge is 0.303 e. The topological polar surface area (TPSA) is 12.0 Å². The van der Waals surface area contributed by atoms with Crippen LogP contribution in [0.4, 0.5) is 0 Å². The summed E-state index contributed by atoms with van der Waals surface area (Å²) in [6.45, 7) is 4.35. The van der Waals surface area contributed by atoms with Crippen molar-refractivity contribution < 1.29 is 0 Å². The lowest BCUT2D eigenvalue weighted by molar-refractivity contribution is 0.456. The van der Waals surface area contributed by atoms with Crippen LogP contribution in [0.5, 0.6) is 0 Å². The Bertz CT molecular complexity index is 570. The van der Waals surface area contributed by atoms with Gasteiger partial charge in [0.2, 0.25) is 0 Å². The van der Waals surface area contributed by atoms with E-state index in [1.54, 1.807) is 0 Å². The van der Waals surface area contributed by atoms with Gasteiger partial charge < -0.3 is 5.32 Å². The van der Waals surface area contributed by atoms with Crippen molar-refractivity contribution >= 4 is 27.5 Å². The van der Waals surface area contributed by atoms with Gasteiger partial charge in [0.05, 0.1) is 0 Å². The summed E-state index contributed by atoms with van der Waals surface area (Å²) >= 11 is 9.80. The zero-order valence-electron chi connectivity index (χ0n) is 11.7. The highest BCUT2D eigenvalue weighted by atomic mass is 79.9. The Morgan fingerprint density at radius 2 is 1.90 bits per heavy atom. The molecule has 0 fully saturated rings. The lowest BCUT2D eigenvalue weighted by atomic mass is 10.0. The van der Waals surface area contributed by atoms with Gasteiger partial charge in [-0.2, -0.15) is 0 Å². The third kappa shape index (κ3) is 3.85. The minimum absolute atomic E-state index is 0.215. The van der Waals surface area contributed by atoms with Crippen LogP contribution in [0.25, 0.3) is 0 Å². The van der Waals surface area contributed by atoms with Gasteiger partial charge >= 0.3 is 0 Å². The summed E-state index contributed by atoms with van der Waals surface area (Å²) in [5.41, 5.74) is 2.43. The summed E-state index contributed by atoms with van der Waals surface area (Å²) < 4.78 is 1.11. The van der Waals surface area contributed by atoms with Crippen LogP contribution in [0.2, 0.25) is 5.02 Å². The van der Waals surface area contributed by atoms with Gasteiger partial charge in [0.25, 0.3) is 0 Å². The van der Waals surface area contributed by atoms with E-state index in [4.69, 9.17) is 11.6 Å². The van der Waals surface area contributed by atoms with E-state index in [1.807, 2.05) is 24.3 Å². The average Bonchev–Trinajstić information content (AvgIpc) is 2.45. The molecule has 0 aliphatic rings. The maximum atomic E-state index is 6.27. The first kappa shape index (κ1) is 15.6. The second-order valence-electron chi connectivity index (χ2n) is 4.93. The zero-order chi connectivity index (χ0) is 14.5. The van der Waals surface area contributed by atoms with Crippen molar-refractivity contribution in [3.8, 4) is 0 Å². The number of nitrogens with one attached hydrogen (secondary N) is 1. The van der Waals surface area contributed by atoms with E-state index >= 15 is 0 Å². The Balaban J connectivity index is 2.16.